The Morgan fingerprint density at radius 1 is 1.09 bits per heavy atom. The molecule has 0 spiro atoms. The van der Waals surface area contributed by atoms with Crippen molar-refractivity contribution < 1.29 is 14.3 Å². The summed E-state index contributed by atoms with van der Waals surface area (Å²) in [4.78, 5) is 22.5. The van der Waals surface area contributed by atoms with Crippen molar-refractivity contribution in [2.75, 3.05) is 11.9 Å². The van der Waals surface area contributed by atoms with Crippen LogP contribution in [0.25, 0.3) is 0 Å². The molecule has 6 nitrogen and oxygen atoms in total. The first-order chi connectivity index (χ1) is 11.0. The molecule has 3 amide bonds. The highest BCUT2D eigenvalue weighted by Crippen LogP contribution is 2.15. The number of amides is 3. The summed E-state index contributed by atoms with van der Waals surface area (Å²) in [6.45, 7) is 2.27. The predicted octanol–water partition coefficient (Wildman–Crippen LogP) is 2.18. The third-order valence-corrected chi connectivity index (χ3v) is 3.16. The number of rotatable bonds is 6. The zero-order valence-corrected chi connectivity index (χ0v) is 12.8. The van der Waals surface area contributed by atoms with Crippen LogP contribution in [0.2, 0.25) is 0 Å². The van der Waals surface area contributed by atoms with Crippen molar-refractivity contribution in [1.29, 1.82) is 0 Å². The SMILES string of the molecule is Cc1ccccc1OCC(=O)NCc1ccc(NC(N)=O)cc1. The molecule has 0 saturated heterocycles. The topological polar surface area (TPSA) is 93.4 Å². The average molecular weight is 313 g/mol. The van der Waals surface area contributed by atoms with Crippen LogP contribution >= 0.6 is 0 Å². The third-order valence-electron chi connectivity index (χ3n) is 3.16. The second kappa shape index (κ2) is 7.84. The van der Waals surface area contributed by atoms with Gasteiger partial charge in [0.25, 0.3) is 5.91 Å². The van der Waals surface area contributed by atoms with Gasteiger partial charge in [0.15, 0.2) is 6.61 Å². The van der Waals surface area contributed by atoms with Gasteiger partial charge in [-0.2, -0.15) is 0 Å². The standard InChI is InChI=1S/C17H19N3O3/c1-12-4-2-3-5-15(12)23-11-16(21)19-10-13-6-8-14(9-7-13)20-17(18)22/h2-9H,10-11H2,1H3,(H,19,21)(H3,18,20,22). The van der Waals surface area contributed by atoms with Crippen LogP contribution in [-0.4, -0.2) is 18.5 Å². The number of hydrogen-bond donors (Lipinski definition) is 3. The van der Waals surface area contributed by atoms with Gasteiger partial charge >= 0.3 is 6.03 Å². The molecule has 6 heteroatoms. The molecule has 0 aliphatic rings. The fourth-order valence-corrected chi connectivity index (χ4v) is 1.96. The van der Waals surface area contributed by atoms with Gasteiger partial charge in [0, 0.05) is 12.2 Å². The second-order valence-electron chi connectivity index (χ2n) is 5.02. The number of urea groups is 1. The molecule has 4 N–H and O–H groups in total. The van der Waals surface area contributed by atoms with Crippen LogP contribution in [0.15, 0.2) is 48.5 Å². The van der Waals surface area contributed by atoms with E-state index in [2.05, 4.69) is 10.6 Å². The average Bonchev–Trinajstić information content (AvgIpc) is 2.53. The van der Waals surface area contributed by atoms with E-state index in [9.17, 15) is 9.59 Å². The summed E-state index contributed by atoms with van der Waals surface area (Å²) in [6.07, 6.45) is 0. The van der Waals surface area contributed by atoms with Gasteiger partial charge < -0.3 is 21.1 Å². The number of hydrogen-bond acceptors (Lipinski definition) is 3. The molecule has 120 valence electrons. The van der Waals surface area contributed by atoms with E-state index in [0.717, 1.165) is 11.1 Å². The minimum Gasteiger partial charge on any atom is -0.484 e. The molecule has 0 heterocycles. The Kier molecular flexibility index (Phi) is 5.57. The second-order valence-corrected chi connectivity index (χ2v) is 5.02. The molecule has 0 radical (unpaired) electrons. The molecule has 23 heavy (non-hydrogen) atoms. The highest BCUT2D eigenvalue weighted by atomic mass is 16.5. The lowest BCUT2D eigenvalue weighted by atomic mass is 10.2. The molecule has 0 bridgehead atoms. The molecule has 0 aliphatic heterocycles. The summed E-state index contributed by atoms with van der Waals surface area (Å²) in [5.74, 6) is 0.497. The van der Waals surface area contributed by atoms with Gasteiger partial charge in [0.2, 0.25) is 0 Å². The number of anilines is 1. The van der Waals surface area contributed by atoms with Crippen molar-refractivity contribution in [3.63, 3.8) is 0 Å². The van der Waals surface area contributed by atoms with E-state index >= 15 is 0 Å². The number of nitrogens with one attached hydrogen (secondary N) is 2. The maximum absolute atomic E-state index is 11.8. The van der Waals surface area contributed by atoms with Crippen molar-refractivity contribution in [1.82, 2.24) is 5.32 Å². The monoisotopic (exact) mass is 313 g/mol. The zero-order chi connectivity index (χ0) is 16.7. The van der Waals surface area contributed by atoms with Gasteiger partial charge in [-0.1, -0.05) is 30.3 Å². The molecular formula is C17H19N3O3. The first kappa shape index (κ1) is 16.4. The molecule has 0 saturated carbocycles. The van der Waals surface area contributed by atoms with Crippen molar-refractivity contribution in [3.8, 4) is 5.75 Å². The van der Waals surface area contributed by atoms with E-state index < -0.39 is 6.03 Å². The maximum Gasteiger partial charge on any atom is 0.316 e. The molecule has 0 unspecified atom stereocenters. The van der Waals surface area contributed by atoms with E-state index in [1.165, 1.54) is 0 Å². The molecular weight excluding hydrogens is 294 g/mol. The summed E-state index contributed by atoms with van der Waals surface area (Å²) in [5.41, 5.74) is 7.53. The maximum atomic E-state index is 11.8. The summed E-state index contributed by atoms with van der Waals surface area (Å²) >= 11 is 0. The Morgan fingerprint density at radius 2 is 1.78 bits per heavy atom. The van der Waals surface area contributed by atoms with Crippen LogP contribution in [0, 0.1) is 6.92 Å². The minimum absolute atomic E-state index is 0.0355. The number of primary amides is 1. The summed E-state index contributed by atoms with van der Waals surface area (Å²) < 4.78 is 5.48. The van der Waals surface area contributed by atoms with Gasteiger partial charge in [0.1, 0.15) is 5.75 Å². The lowest BCUT2D eigenvalue weighted by Gasteiger charge is -2.10. The van der Waals surface area contributed by atoms with E-state index in [0.29, 0.717) is 18.0 Å². The van der Waals surface area contributed by atoms with Crippen LogP contribution < -0.4 is 21.1 Å². The Hall–Kier alpha value is -3.02. The fraction of sp³-hybridized carbons (Fsp3) is 0.176. The molecule has 0 atom stereocenters. The van der Waals surface area contributed by atoms with Gasteiger partial charge in [0.05, 0.1) is 0 Å². The molecule has 0 fully saturated rings. The van der Waals surface area contributed by atoms with Crippen LogP contribution in [0.3, 0.4) is 0 Å². The number of ether oxygens (including phenoxy) is 1. The van der Waals surface area contributed by atoms with Crippen LogP contribution in [0.5, 0.6) is 5.75 Å². The molecule has 2 aromatic carbocycles. The smallest absolute Gasteiger partial charge is 0.316 e. The van der Waals surface area contributed by atoms with Crippen molar-refractivity contribution in [2.24, 2.45) is 5.73 Å². The Labute approximate surface area is 134 Å². The zero-order valence-electron chi connectivity index (χ0n) is 12.8. The van der Waals surface area contributed by atoms with E-state index in [4.69, 9.17) is 10.5 Å². The Balaban J connectivity index is 1.78. The molecule has 2 aromatic rings. The van der Waals surface area contributed by atoms with Crippen LogP contribution in [0.1, 0.15) is 11.1 Å². The highest BCUT2D eigenvalue weighted by molar-refractivity contribution is 5.87. The van der Waals surface area contributed by atoms with E-state index in [-0.39, 0.29) is 12.5 Å². The third kappa shape index (κ3) is 5.35. The number of benzene rings is 2. The number of nitrogens with two attached hydrogens (primary N) is 1. The summed E-state index contributed by atoms with van der Waals surface area (Å²) in [7, 11) is 0. The molecule has 0 aliphatic carbocycles. The number of aryl methyl sites for hydroxylation is 1. The van der Waals surface area contributed by atoms with E-state index in [1.807, 2.05) is 31.2 Å². The van der Waals surface area contributed by atoms with Gasteiger partial charge in [-0.15, -0.1) is 0 Å². The van der Waals surface area contributed by atoms with Crippen LogP contribution in [-0.2, 0) is 11.3 Å². The fourth-order valence-electron chi connectivity index (χ4n) is 1.96. The Bertz CT molecular complexity index is 684. The first-order valence-electron chi connectivity index (χ1n) is 7.15. The van der Waals surface area contributed by atoms with Gasteiger partial charge in [-0.3, -0.25) is 4.79 Å². The van der Waals surface area contributed by atoms with Gasteiger partial charge in [-0.05, 0) is 36.2 Å². The largest absolute Gasteiger partial charge is 0.484 e. The lowest BCUT2D eigenvalue weighted by Crippen LogP contribution is -2.28. The molecule has 0 aromatic heterocycles. The number of carbonyl (C=O) groups is 2. The Morgan fingerprint density at radius 3 is 2.43 bits per heavy atom. The molecule has 2 rings (SSSR count). The van der Waals surface area contributed by atoms with Gasteiger partial charge in [-0.25, -0.2) is 4.79 Å². The van der Waals surface area contributed by atoms with Crippen LogP contribution in [0.4, 0.5) is 10.5 Å². The lowest BCUT2D eigenvalue weighted by molar-refractivity contribution is -0.123. The first-order valence-corrected chi connectivity index (χ1v) is 7.15. The highest BCUT2D eigenvalue weighted by Gasteiger charge is 2.04. The van der Waals surface area contributed by atoms with Crippen molar-refractivity contribution in [3.05, 3.63) is 59.7 Å². The van der Waals surface area contributed by atoms with E-state index in [1.54, 1.807) is 24.3 Å². The normalized spacial score (nSPS) is 9.96. The van der Waals surface area contributed by atoms with Crippen molar-refractivity contribution in [2.45, 2.75) is 13.5 Å². The summed E-state index contributed by atoms with van der Waals surface area (Å²) in [6, 6.07) is 14.0. The quantitative estimate of drug-likeness (QED) is 0.763. The number of para-hydroxylation sites is 1. The minimum atomic E-state index is -0.612. The number of carbonyl (C=O) groups excluding carboxylic acids is 2. The summed E-state index contributed by atoms with van der Waals surface area (Å²) in [5, 5.41) is 5.25. The van der Waals surface area contributed by atoms with Crippen molar-refractivity contribution >= 4 is 17.6 Å². The predicted molar refractivity (Wildman–Crippen MR) is 88.2 cm³/mol.